The normalized spacial score (nSPS) is 15.2. The predicted octanol–water partition coefficient (Wildman–Crippen LogP) is 2.50. The Hall–Kier alpha value is -4.28. The lowest BCUT2D eigenvalue weighted by atomic mass is 10.0. The highest BCUT2D eigenvalue weighted by molar-refractivity contribution is 6.10. The van der Waals surface area contributed by atoms with Crippen molar-refractivity contribution < 1.29 is 14.2 Å². The molecule has 1 aromatic heterocycles. The van der Waals surface area contributed by atoms with E-state index in [4.69, 9.17) is 25.7 Å². The van der Waals surface area contributed by atoms with Crippen LogP contribution in [0.25, 0.3) is 11.8 Å². The fourth-order valence-electron chi connectivity index (χ4n) is 3.65. The van der Waals surface area contributed by atoms with E-state index in [-0.39, 0.29) is 17.1 Å². The molecule has 10 heteroatoms. The van der Waals surface area contributed by atoms with E-state index in [2.05, 4.69) is 33.4 Å². The van der Waals surface area contributed by atoms with Crippen molar-refractivity contribution in [2.75, 3.05) is 51.9 Å². The van der Waals surface area contributed by atoms with Gasteiger partial charge in [-0.05, 0) is 48.0 Å². The lowest BCUT2D eigenvalue weighted by Gasteiger charge is -2.26. The van der Waals surface area contributed by atoms with Gasteiger partial charge in [0.25, 0.3) is 5.56 Å². The lowest BCUT2D eigenvalue weighted by Crippen LogP contribution is -2.38. The molecule has 0 saturated carbocycles. The van der Waals surface area contributed by atoms with Crippen LogP contribution in [0.2, 0.25) is 0 Å². The van der Waals surface area contributed by atoms with Crippen molar-refractivity contribution in [2.45, 2.75) is 0 Å². The topological polar surface area (TPSA) is 140 Å². The monoisotopic (exact) mass is 506 g/mol. The number of morpholine rings is 1. The molecule has 196 valence electrons. The molecule has 10 nitrogen and oxygen atoms in total. The molecule has 1 fully saturated rings. The van der Waals surface area contributed by atoms with Gasteiger partial charge in [-0.2, -0.15) is 0 Å². The molecule has 37 heavy (non-hydrogen) atoms. The zero-order chi connectivity index (χ0) is 26.6. The number of methoxy groups -OCH3 is 1. The van der Waals surface area contributed by atoms with Crippen LogP contribution in [0.15, 0.2) is 83.3 Å². The zero-order valence-electron chi connectivity index (χ0n) is 21.0. The van der Waals surface area contributed by atoms with E-state index in [0.717, 1.165) is 44.3 Å². The minimum atomic E-state index is -0.321. The van der Waals surface area contributed by atoms with Crippen LogP contribution in [0.5, 0.6) is 5.75 Å². The number of nitrogens with two attached hydrogens (primary N) is 2. The highest BCUT2D eigenvalue weighted by Crippen LogP contribution is 2.22. The Morgan fingerprint density at radius 2 is 2.00 bits per heavy atom. The Morgan fingerprint density at radius 1 is 1.27 bits per heavy atom. The van der Waals surface area contributed by atoms with Gasteiger partial charge in [0.05, 0.1) is 43.5 Å². The second-order valence-electron chi connectivity index (χ2n) is 8.08. The summed E-state index contributed by atoms with van der Waals surface area (Å²) < 4.78 is 16.3. The Labute approximate surface area is 216 Å². The molecule has 0 amide bonds. The lowest BCUT2D eigenvalue weighted by molar-refractivity contribution is 0.0322. The van der Waals surface area contributed by atoms with E-state index in [9.17, 15) is 4.79 Å². The molecule has 3 rings (SSSR count). The third-order valence-corrected chi connectivity index (χ3v) is 5.61. The fraction of sp³-hybridized carbons (Fsp3) is 0.259. The zero-order valence-corrected chi connectivity index (χ0v) is 21.0. The van der Waals surface area contributed by atoms with Crippen LogP contribution < -0.4 is 27.1 Å². The first kappa shape index (κ1) is 27.3. The maximum Gasteiger partial charge on any atom is 0.257 e. The minimum absolute atomic E-state index is 0.178. The van der Waals surface area contributed by atoms with Crippen molar-refractivity contribution in [1.82, 2.24) is 9.88 Å². The number of hydrogen-bond acceptors (Lipinski definition) is 9. The summed E-state index contributed by atoms with van der Waals surface area (Å²) in [4.78, 5) is 21.9. The van der Waals surface area contributed by atoms with Gasteiger partial charge in [0.2, 0.25) is 5.88 Å². The van der Waals surface area contributed by atoms with Gasteiger partial charge in [-0.3, -0.25) is 9.69 Å². The summed E-state index contributed by atoms with van der Waals surface area (Å²) >= 11 is 0. The number of nitrogens with zero attached hydrogens (tertiary/aromatic N) is 2. The van der Waals surface area contributed by atoms with Crippen molar-refractivity contribution in [1.29, 1.82) is 0 Å². The van der Waals surface area contributed by atoms with Gasteiger partial charge in [0.15, 0.2) is 0 Å². The summed E-state index contributed by atoms with van der Waals surface area (Å²) in [6.45, 7) is 12.6. The number of anilines is 1. The second kappa shape index (κ2) is 13.7. The number of ether oxygens (including phenoxy) is 3. The fourth-order valence-corrected chi connectivity index (χ4v) is 3.65. The third kappa shape index (κ3) is 7.86. The first-order chi connectivity index (χ1) is 17.9. The average molecular weight is 507 g/mol. The van der Waals surface area contributed by atoms with Crippen LogP contribution in [0.3, 0.4) is 0 Å². The molecule has 2 aromatic rings. The van der Waals surface area contributed by atoms with Gasteiger partial charge in [-0.15, -0.1) is 0 Å². The highest BCUT2D eigenvalue weighted by atomic mass is 16.5. The van der Waals surface area contributed by atoms with E-state index < -0.39 is 0 Å². The number of benzene rings is 1. The standard InChI is InChI=1S/C27H34N6O4/c1-4-24(32-25(18-28)35-3)23(29)17-20-9-10-30-27(34)26(20)19(2)31-21-5-7-22(8-6-21)37-16-13-33-11-14-36-15-12-33/h4-10,17-18,31H,1-2,11-16,28-29H2,3H3,(H,30,34)/b23-17-,25-18+,32-24+. The first-order valence-corrected chi connectivity index (χ1v) is 11.8. The molecule has 0 spiro atoms. The summed E-state index contributed by atoms with van der Waals surface area (Å²) in [5.74, 6) is 0.938. The van der Waals surface area contributed by atoms with Gasteiger partial charge < -0.3 is 36.0 Å². The van der Waals surface area contributed by atoms with Gasteiger partial charge in [0.1, 0.15) is 12.4 Å². The van der Waals surface area contributed by atoms with E-state index in [1.54, 1.807) is 12.1 Å². The van der Waals surface area contributed by atoms with Crippen molar-refractivity contribution in [3.8, 4) is 5.75 Å². The number of aromatic nitrogens is 1. The molecule has 0 bridgehead atoms. The highest BCUT2D eigenvalue weighted by Gasteiger charge is 2.12. The number of aromatic amines is 1. The number of H-pyrrole nitrogens is 1. The summed E-state index contributed by atoms with van der Waals surface area (Å²) in [6.07, 6.45) is 5.83. The molecule has 1 saturated heterocycles. The van der Waals surface area contributed by atoms with E-state index in [0.29, 0.717) is 29.1 Å². The number of aliphatic imine (C=N–C) groups is 1. The van der Waals surface area contributed by atoms with Crippen LogP contribution in [-0.2, 0) is 9.47 Å². The van der Waals surface area contributed by atoms with Crippen LogP contribution in [0.4, 0.5) is 5.69 Å². The number of allylic oxidation sites excluding steroid dienone is 1. The summed E-state index contributed by atoms with van der Waals surface area (Å²) in [5.41, 5.74) is 14.1. The van der Waals surface area contributed by atoms with Crippen molar-refractivity contribution in [3.63, 3.8) is 0 Å². The molecule has 0 atom stereocenters. The SMILES string of the molecule is C=CC(=N\C(=C/N)OC)/C(N)=C/c1cc[nH]c(=O)c1C(=C)Nc1ccc(OCCN2CCOCC2)cc1. The molecular weight excluding hydrogens is 472 g/mol. The first-order valence-electron chi connectivity index (χ1n) is 11.8. The summed E-state index contributed by atoms with van der Waals surface area (Å²) in [5, 5.41) is 3.18. The van der Waals surface area contributed by atoms with E-state index in [1.807, 2.05) is 24.3 Å². The van der Waals surface area contributed by atoms with Gasteiger partial charge >= 0.3 is 0 Å². The van der Waals surface area contributed by atoms with Crippen LogP contribution in [0.1, 0.15) is 11.1 Å². The minimum Gasteiger partial charge on any atom is -0.492 e. The molecule has 1 aromatic carbocycles. The number of nitrogens with one attached hydrogen (secondary N) is 2. The second-order valence-corrected chi connectivity index (χ2v) is 8.08. The van der Waals surface area contributed by atoms with Crippen molar-refractivity contribution >= 4 is 23.2 Å². The maximum atomic E-state index is 12.7. The molecular formula is C27H34N6O4. The summed E-state index contributed by atoms with van der Waals surface area (Å²) in [7, 11) is 1.44. The van der Waals surface area contributed by atoms with Crippen molar-refractivity contribution in [2.24, 2.45) is 16.5 Å². The number of hydrogen-bond donors (Lipinski definition) is 4. The van der Waals surface area contributed by atoms with Gasteiger partial charge in [0, 0.05) is 37.2 Å². The van der Waals surface area contributed by atoms with E-state index >= 15 is 0 Å². The maximum absolute atomic E-state index is 12.7. The summed E-state index contributed by atoms with van der Waals surface area (Å²) in [6, 6.07) is 9.19. The van der Waals surface area contributed by atoms with E-state index in [1.165, 1.54) is 25.6 Å². The molecule has 0 unspecified atom stereocenters. The largest absolute Gasteiger partial charge is 0.492 e. The Balaban J connectivity index is 1.70. The average Bonchev–Trinajstić information content (AvgIpc) is 2.91. The number of rotatable bonds is 12. The van der Waals surface area contributed by atoms with Crippen LogP contribution >= 0.6 is 0 Å². The molecule has 0 radical (unpaired) electrons. The smallest absolute Gasteiger partial charge is 0.257 e. The van der Waals surface area contributed by atoms with Crippen LogP contribution in [-0.4, -0.2) is 62.2 Å². The molecule has 1 aliphatic heterocycles. The molecule has 1 aliphatic rings. The molecule has 6 N–H and O–H groups in total. The van der Waals surface area contributed by atoms with Gasteiger partial charge in [-0.1, -0.05) is 13.2 Å². The van der Waals surface area contributed by atoms with Gasteiger partial charge in [-0.25, -0.2) is 4.99 Å². The molecule has 0 aliphatic carbocycles. The Kier molecular flexibility index (Phi) is 10.1. The quantitative estimate of drug-likeness (QED) is 0.254. The predicted molar refractivity (Wildman–Crippen MR) is 148 cm³/mol. The Morgan fingerprint density at radius 3 is 2.65 bits per heavy atom. The van der Waals surface area contributed by atoms with Crippen molar-refractivity contribution in [3.05, 3.63) is 95.0 Å². The third-order valence-electron chi connectivity index (χ3n) is 5.61. The Bertz CT molecular complexity index is 1220. The molecule has 2 heterocycles. The van der Waals surface area contributed by atoms with Crippen LogP contribution in [0, 0.1) is 0 Å². The number of pyridine rings is 1.